The highest BCUT2D eigenvalue weighted by molar-refractivity contribution is 7.26. The zero-order valence-electron chi connectivity index (χ0n) is 16.5. The predicted molar refractivity (Wildman–Crippen MR) is 118 cm³/mol. The molecule has 0 saturated carbocycles. The van der Waals surface area contributed by atoms with Gasteiger partial charge in [0.25, 0.3) is 0 Å². The van der Waals surface area contributed by atoms with Gasteiger partial charge in [0.1, 0.15) is 17.3 Å². The fraction of sp³-hybridized carbons (Fsp3) is 0.286. The Bertz CT molecular complexity index is 1160. The minimum absolute atomic E-state index is 0.482. The molecule has 8 heteroatoms. The lowest BCUT2D eigenvalue weighted by Crippen LogP contribution is -2.06. The van der Waals surface area contributed by atoms with Crippen LogP contribution in [-0.2, 0) is 11.3 Å². The SMILES string of the molecule is COCCOc1ccc(CNc2nccc3c2sc2nc(C)c(Cl)c(C)c23)cn1. The Hall–Kier alpha value is -2.48. The van der Waals surface area contributed by atoms with E-state index in [-0.39, 0.29) is 0 Å². The minimum atomic E-state index is 0.482. The van der Waals surface area contributed by atoms with Crippen LogP contribution in [-0.4, -0.2) is 35.3 Å². The number of rotatable bonds is 7. The molecular weight excluding hydrogens is 408 g/mol. The van der Waals surface area contributed by atoms with Crippen molar-refractivity contribution in [1.29, 1.82) is 0 Å². The minimum Gasteiger partial charge on any atom is -0.475 e. The van der Waals surface area contributed by atoms with Gasteiger partial charge in [0, 0.05) is 42.9 Å². The van der Waals surface area contributed by atoms with Crippen molar-refractivity contribution in [2.24, 2.45) is 0 Å². The number of hydrogen-bond acceptors (Lipinski definition) is 7. The van der Waals surface area contributed by atoms with Crippen molar-refractivity contribution in [3.63, 3.8) is 0 Å². The van der Waals surface area contributed by atoms with Crippen molar-refractivity contribution in [2.75, 3.05) is 25.6 Å². The number of ether oxygens (including phenoxy) is 2. The lowest BCUT2D eigenvalue weighted by molar-refractivity contribution is 0.143. The average molecular weight is 429 g/mol. The smallest absolute Gasteiger partial charge is 0.213 e. The normalized spacial score (nSPS) is 11.3. The van der Waals surface area contributed by atoms with Crippen LogP contribution in [0.4, 0.5) is 5.82 Å². The summed E-state index contributed by atoms with van der Waals surface area (Å²) in [6, 6.07) is 5.87. The molecule has 0 bridgehead atoms. The number of pyridine rings is 3. The molecule has 0 spiro atoms. The number of aryl methyl sites for hydroxylation is 2. The zero-order valence-corrected chi connectivity index (χ0v) is 18.0. The topological polar surface area (TPSA) is 69.2 Å². The number of hydrogen-bond donors (Lipinski definition) is 1. The number of halogens is 1. The molecule has 4 aromatic rings. The van der Waals surface area contributed by atoms with Gasteiger partial charge in [0.15, 0.2) is 0 Å². The Labute approximate surface area is 177 Å². The van der Waals surface area contributed by atoms with E-state index in [1.165, 1.54) is 0 Å². The molecule has 0 aliphatic heterocycles. The van der Waals surface area contributed by atoms with E-state index >= 15 is 0 Å². The van der Waals surface area contributed by atoms with Gasteiger partial charge in [-0.25, -0.2) is 15.0 Å². The molecule has 4 heterocycles. The van der Waals surface area contributed by atoms with Gasteiger partial charge < -0.3 is 14.8 Å². The number of nitrogens with zero attached hydrogens (tertiary/aromatic N) is 3. The molecule has 4 rings (SSSR count). The van der Waals surface area contributed by atoms with Gasteiger partial charge in [0.2, 0.25) is 5.88 Å². The monoisotopic (exact) mass is 428 g/mol. The molecule has 0 saturated heterocycles. The fourth-order valence-corrected chi connectivity index (χ4v) is 4.56. The van der Waals surface area contributed by atoms with E-state index in [1.54, 1.807) is 24.6 Å². The summed E-state index contributed by atoms with van der Waals surface area (Å²) in [5.41, 5.74) is 2.95. The van der Waals surface area contributed by atoms with Crippen molar-refractivity contribution in [3.05, 3.63) is 52.4 Å². The first-order valence-corrected chi connectivity index (χ1v) is 10.4. The summed E-state index contributed by atoms with van der Waals surface area (Å²) < 4.78 is 11.5. The summed E-state index contributed by atoms with van der Waals surface area (Å²) in [5.74, 6) is 1.42. The van der Waals surface area contributed by atoms with Crippen LogP contribution in [0.3, 0.4) is 0 Å². The van der Waals surface area contributed by atoms with E-state index < -0.39 is 0 Å². The highest BCUT2D eigenvalue weighted by Gasteiger charge is 2.16. The second-order valence-corrected chi connectivity index (χ2v) is 8.03. The highest BCUT2D eigenvalue weighted by Crippen LogP contribution is 2.40. The van der Waals surface area contributed by atoms with E-state index in [2.05, 4.69) is 20.3 Å². The maximum atomic E-state index is 6.43. The summed E-state index contributed by atoms with van der Waals surface area (Å²) in [6.07, 6.45) is 3.62. The first-order chi connectivity index (χ1) is 14.1. The number of anilines is 1. The maximum absolute atomic E-state index is 6.43. The van der Waals surface area contributed by atoms with Crippen LogP contribution in [0.2, 0.25) is 5.02 Å². The number of methoxy groups -OCH3 is 1. The second-order valence-electron chi connectivity index (χ2n) is 6.65. The van der Waals surface area contributed by atoms with Crippen LogP contribution in [0.15, 0.2) is 30.6 Å². The number of thiophene rings is 1. The van der Waals surface area contributed by atoms with Crippen LogP contribution in [0.5, 0.6) is 5.88 Å². The van der Waals surface area contributed by atoms with Crippen LogP contribution >= 0.6 is 22.9 Å². The quantitative estimate of drug-likeness (QED) is 0.410. The molecule has 0 aromatic carbocycles. The standard InChI is InChI=1S/C21H21ClN4O2S/c1-12-17-15-6-7-23-20(19(15)29-21(17)26-13(2)18(12)22)25-11-14-4-5-16(24-10-14)28-9-8-27-3/h4-7,10H,8-9,11H2,1-3H3,(H,23,25). The van der Waals surface area contributed by atoms with E-state index in [0.29, 0.717) is 25.6 Å². The molecule has 0 fully saturated rings. The fourth-order valence-electron chi connectivity index (χ4n) is 3.18. The Kier molecular flexibility index (Phi) is 5.80. The molecule has 0 aliphatic rings. The van der Waals surface area contributed by atoms with Crippen LogP contribution in [0, 0.1) is 13.8 Å². The molecule has 1 N–H and O–H groups in total. The lowest BCUT2D eigenvalue weighted by atomic mass is 10.1. The van der Waals surface area contributed by atoms with Crippen LogP contribution in [0.25, 0.3) is 20.3 Å². The van der Waals surface area contributed by atoms with Crippen molar-refractivity contribution in [2.45, 2.75) is 20.4 Å². The zero-order chi connectivity index (χ0) is 20.4. The van der Waals surface area contributed by atoms with E-state index in [4.69, 9.17) is 21.1 Å². The summed E-state index contributed by atoms with van der Waals surface area (Å²) in [7, 11) is 1.64. The second kappa shape index (κ2) is 8.49. The van der Waals surface area contributed by atoms with Crippen molar-refractivity contribution in [1.82, 2.24) is 15.0 Å². The summed E-state index contributed by atoms with van der Waals surface area (Å²) in [6.45, 7) is 5.61. The number of nitrogens with one attached hydrogen (secondary N) is 1. The first-order valence-electron chi connectivity index (χ1n) is 9.23. The maximum Gasteiger partial charge on any atom is 0.213 e. The third-order valence-corrected chi connectivity index (χ3v) is 6.34. The van der Waals surface area contributed by atoms with Gasteiger partial charge in [-0.05, 0) is 31.0 Å². The van der Waals surface area contributed by atoms with Gasteiger partial charge in [-0.2, -0.15) is 0 Å². The van der Waals surface area contributed by atoms with E-state index in [1.807, 2.05) is 38.2 Å². The Morgan fingerprint density at radius 2 is 2.00 bits per heavy atom. The van der Waals surface area contributed by atoms with Crippen molar-refractivity contribution >= 4 is 49.1 Å². The van der Waals surface area contributed by atoms with Gasteiger partial charge in [0.05, 0.1) is 22.0 Å². The molecule has 0 aliphatic carbocycles. The molecule has 4 aromatic heterocycles. The summed E-state index contributed by atoms with van der Waals surface area (Å²) in [5, 5.41) is 6.37. The Morgan fingerprint density at radius 3 is 2.76 bits per heavy atom. The molecule has 29 heavy (non-hydrogen) atoms. The summed E-state index contributed by atoms with van der Waals surface area (Å²) in [4.78, 5) is 14.5. The summed E-state index contributed by atoms with van der Waals surface area (Å²) >= 11 is 8.07. The van der Waals surface area contributed by atoms with Gasteiger partial charge in [-0.1, -0.05) is 17.7 Å². The van der Waals surface area contributed by atoms with Gasteiger partial charge in [-0.3, -0.25) is 0 Å². The Balaban J connectivity index is 1.57. The third-order valence-electron chi connectivity index (χ3n) is 4.67. The first kappa shape index (κ1) is 19.8. The average Bonchev–Trinajstić information content (AvgIpc) is 3.10. The van der Waals surface area contributed by atoms with Crippen molar-refractivity contribution in [3.8, 4) is 5.88 Å². The third kappa shape index (κ3) is 3.99. The molecular formula is C21H21ClN4O2S. The Morgan fingerprint density at radius 1 is 1.14 bits per heavy atom. The predicted octanol–water partition coefficient (Wildman–Crippen LogP) is 5.15. The van der Waals surface area contributed by atoms with E-state index in [9.17, 15) is 0 Å². The van der Waals surface area contributed by atoms with Crippen molar-refractivity contribution < 1.29 is 9.47 Å². The van der Waals surface area contributed by atoms with Crippen LogP contribution < -0.4 is 10.1 Å². The molecule has 150 valence electrons. The van der Waals surface area contributed by atoms with E-state index in [0.717, 1.165) is 48.0 Å². The molecule has 6 nitrogen and oxygen atoms in total. The molecule has 0 unspecified atom stereocenters. The van der Waals surface area contributed by atoms with Gasteiger partial charge in [-0.15, -0.1) is 11.3 Å². The number of aromatic nitrogens is 3. The highest BCUT2D eigenvalue weighted by atomic mass is 35.5. The van der Waals surface area contributed by atoms with Gasteiger partial charge >= 0.3 is 0 Å². The largest absolute Gasteiger partial charge is 0.475 e. The number of fused-ring (bicyclic) bond motifs is 3. The lowest BCUT2D eigenvalue weighted by Gasteiger charge is -2.08. The van der Waals surface area contributed by atoms with Crippen LogP contribution in [0.1, 0.15) is 16.8 Å². The molecule has 0 atom stereocenters. The molecule has 0 radical (unpaired) electrons. The molecule has 0 amide bonds.